The van der Waals surface area contributed by atoms with Crippen molar-refractivity contribution in [2.24, 2.45) is 0 Å². The number of para-hydroxylation sites is 1. The fourth-order valence-corrected chi connectivity index (χ4v) is 3.80. The highest BCUT2D eigenvalue weighted by atomic mass is 19.1. The average molecular weight is 397 g/mol. The number of anilines is 2. The van der Waals surface area contributed by atoms with Gasteiger partial charge in [0.1, 0.15) is 11.6 Å². The van der Waals surface area contributed by atoms with E-state index in [9.17, 15) is 14.0 Å². The van der Waals surface area contributed by atoms with E-state index in [1.165, 1.54) is 6.07 Å². The SMILES string of the molecule is O=CN1CCN(c2ccc(C(=O)N3CCN(c4ccccc4F)CC3)cn2)CC1. The average Bonchev–Trinajstić information content (AvgIpc) is 2.79. The van der Waals surface area contributed by atoms with Gasteiger partial charge in [-0.05, 0) is 24.3 Å². The molecule has 2 fully saturated rings. The number of rotatable bonds is 4. The van der Waals surface area contributed by atoms with Crippen LogP contribution in [0.5, 0.6) is 0 Å². The molecule has 2 saturated heterocycles. The largest absolute Gasteiger partial charge is 0.366 e. The van der Waals surface area contributed by atoms with Crippen LogP contribution < -0.4 is 9.80 Å². The quantitative estimate of drug-likeness (QED) is 0.731. The second-order valence-electron chi connectivity index (χ2n) is 7.26. The third-order valence-corrected chi connectivity index (χ3v) is 5.54. The van der Waals surface area contributed by atoms with Crippen LogP contribution in [0.3, 0.4) is 0 Å². The minimum absolute atomic E-state index is 0.0528. The number of benzene rings is 1. The second kappa shape index (κ2) is 8.46. The summed E-state index contributed by atoms with van der Waals surface area (Å²) in [6, 6.07) is 10.4. The molecule has 3 heterocycles. The van der Waals surface area contributed by atoms with Gasteiger partial charge in [-0.15, -0.1) is 0 Å². The van der Waals surface area contributed by atoms with Gasteiger partial charge in [0.2, 0.25) is 6.41 Å². The van der Waals surface area contributed by atoms with Crippen LogP contribution in [0.2, 0.25) is 0 Å². The zero-order chi connectivity index (χ0) is 20.2. The van der Waals surface area contributed by atoms with Crippen LogP contribution in [0.4, 0.5) is 15.9 Å². The Balaban J connectivity index is 1.34. The Morgan fingerprint density at radius 2 is 1.59 bits per heavy atom. The lowest BCUT2D eigenvalue weighted by Crippen LogP contribution is -2.49. The number of hydrogen-bond donors (Lipinski definition) is 0. The van der Waals surface area contributed by atoms with E-state index >= 15 is 0 Å². The number of pyridine rings is 1. The fourth-order valence-electron chi connectivity index (χ4n) is 3.80. The number of carbonyl (C=O) groups is 2. The number of carbonyl (C=O) groups excluding carboxylic acids is 2. The highest BCUT2D eigenvalue weighted by molar-refractivity contribution is 5.94. The van der Waals surface area contributed by atoms with Gasteiger partial charge < -0.3 is 19.6 Å². The number of nitrogens with zero attached hydrogens (tertiary/aromatic N) is 5. The minimum atomic E-state index is -0.235. The summed E-state index contributed by atoms with van der Waals surface area (Å²) >= 11 is 0. The summed E-state index contributed by atoms with van der Waals surface area (Å²) in [6.45, 7) is 5.11. The molecule has 2 aliphatic rings. The summed E-state index contributed by atoms with van der Waals surface area (Å²) in [5.41, 5.74) is 1.14. The first kappa shape index (κ1) is 19.2. The summed E-state index contributed by atoms with van der Waals surface area (Å²) in [6.07, 6.45) is 2.49. The van der Waals surface area contributed by atoms with Crippen LogP contribution in [-0.4, -0.2) is 79.5 Å². The number of hydrogen-bond acceptors (Lipinski definition) is 5. The molecule has 1 aromatic heterocycles. The van der Waals surface area contributed by atoms with Crippen LogP contribution in [-0.2, 0) is 4.79 Å². The molecule has 2 amide bonds. The van der Waals surface area contributed by atoms with Gasteiger partial charge in [-0.2, -0.15) is 0 Å². The molecule has 2 aromatic rings. The number of aromatic nitrogens is 1. The second-order valence-corrected chi connectivity index (χ2v) is 7.26. The first-order valence-corrected chi connectivity index (χ1v) is 9.85. The lowest BCUT2D eigenvalue weighted by molar-refractivity contribution is -0.118. The van der Waals surface area contributed by atoms with E-state index < -0.39 is 0 Å². The fraction of sp³-hybridized carbons (Fsp3) is 0.381. The molecule has 7 nitrogen and oxygen atoms in total. The summed E-state index contributed by atoms with van der Waals surface area (Å²) in [7, 11) is 0. The number of amides is 2. The molecule has 8 heteroatoms. The molecule has 0 atom stereocenters. The van der Waals surface area contributed by atoms with Gasteiger partial charge in [-0.1, -0.05) is 12.1 Å². The third kappa shape index (κ3) is 4.16. The molecule has 0 bridgehead atoms. The molecule has 0 N–H and O–H groups in total. The van der Waals surface area contributed by atoms with E-state index in [2.05, 4.69) is 9.88 Å². The Morgan fingerprint density at radius 3 is 2.21 bits per heavy atom. The van der Waals surface area contributed by atoms with Gasteiger partial charge in [0.15, 0.2) is 0 Å². The third-order valence-electron chi connectivity index (χ3n) is 5.54. The topological polar surface area (TPSA) is 60.0 Å². The lowest BCUT2D eigenvalue weighted by Gasteiger charge is -2.36. The first-order chi connectivity index (χ1) is 14.2. The molecule has 29 heavy (non-hydrogen) atoms. The van der Waals surface area contributed by atoms with Gasteiger partial charge in [0, 0.05) is 58.6 Å². The molecule has 1 aromatic carbocycles. The normalized spacial score (nSPS) is 17.4. The Kier molecular flexibility index (Phi) is 5.59. The zero-order valence-corrected chi connectivity index (χ0v) is 16.2. The van der Waals surface area contributed by atoms with Gasteiger partial charge in [0.25, 0.3) is 5.91 Å². The number of halogens is 1. The van der Waals surface area contributed by atoms with E-state index in [0.717, 1.165) is 25.3 Å². The predicted molar refractivity (Wildman–Crippen MR) is 109 cm³/mol. The van der Waals surface area contributed by atoms with Crippen molar-refractivity contribution in [3.63, 3.8) is 0 Å². The van der Waals surface area contributed by atoms with Gasteiger partial charge in [0.05, 0.1) is 11.3 Å². The van der Waals surface area contributed by atoms with Crippen LogP contribution in [0.25, 0.3) is 0 Å². The van der Waals surface area contributed by atoms with Crippen LogP contribution in [0.1, 0.15) is 10.4 Å². The van der Waals surface area contributed by atoms with Crippen molar-refractivity contribution >= 4 is 23.8 Å². The molecule has 0 aliphatic carbocycles. The van der Waals surface area contributed by atoms with Crippen LogP contribution in [0, 0.1) is 5.82 Å². The van der Waals surface area contributed by atoms with Gasteiger partial charge in [-0.3, -0.25) is 9.59 Å². The van der Waals surface area contributed by atoms with Crippen molar-refractivity contribution in [2.75, 3.05) is 62.2 Å². The maximum atomic E-state index is 14.0. The Bertz CT molecular complexity index is 860. The van der Waals surface area contributed by atoms with Crippen LogP contribution in [0.15, 0.2) is 42.6 Å². The van der Waals surface area contributed by atoms with Crippen molar-refractivity contribution < 1.29 is 14.0 Å². The van der Waals surface area contributed by atoms with E-state index in [1.54, 1.807) is 34.2 Å². The Morgan fingerprint density at radius 1 is 0.897 bits per heavy atom. The summed E-state index contributed by atoms with van der Waals surface area (Å²) in [4.78, 5) is 35.7. The van der Waals surface area contributed by atoms with Crippen molar-refractivity contribution in [3.8, 4) is 0 Å². The van der Waals surface area contributed by atoms with Gasteiger partial charge >= 0.3 is 0 Å². The van der Waals surface area contributed by atoms with Crippen molar-refractivity contribution in [1.82, 2.24) is 14.8 Å². The van der Waals surface area contributed by atoms with E-state index in [1.807, 2.05) is 17.0 Å². The van der Waals surface area contributed by atoms with Crippen LogP contribution >= 0.6 is 0 Å². The maximum absolute atomic E-state index is 14.0. The molecule has 2 aliphatic heterocycles. The summed E-state index contributed by atoms with van der Waals surface area (Å²) < 4.78 is 14.0. The van der Waals surface area contributed by atoms with E-state index in [4.69, 9.17) is 0 Å². The highest BCUT2D eigenvalue weighted by Gasteiger charge is 2.24. The Labute approximate surface area is 169 Å². The monoisotopic (exact) mass is 397 g/mol. The molecule has 0 spiro atoms. The van der Waals surface area contributed by atoms with Crippen molar-refractivity contribution in [3.05, 3.63) is 54.0 Å². The summed E-state index contributed by atoms with van der Waals surface area (Å²) in [5, 5.41) is 0. The molecule has 152 valence electrons. The van der Waals surface area contributed by atoms with E-state index in [0.29, 0.717) is 50.5 Å². The molecular weight excluding hydrogens is 373 g/mol. The highest BCUT2D eigenvalue weighted by Crippen LogP contribution is 2.21. The Hall–Kier alpha value is -3.16. The summed E-state index contributed by atoms with van der Waals surface area (Å²) in [5.74, 6) is 0.528. The molecular formula is C21H24FN5O2. The lowest BCUT2D eigenvalue weighted by atomic mass is 10.2. The van der Waals surface area contributed by atoms with Crippen molar-refractivity contribution in [1.29, 1.82) is 0 Å². The molecule has 4 rings (SSSR count). The number of piperazine rings is 2. The molecule has 0 saturated carbocycles. The van der Waals surface area contributed by atoms with Gasteiger partial charge in [-0.25, -0.2) is 9.37 Å². The first-order valence-electron chi connectivity index (χ1n) is 9.85. The van der Waals surface area contributed by atoms with Crippen molar-refractivity contribution in [2.45, 2.75) is 0 Å². The standard InChI is InChI=1S/C21H24FN5O2/c22-18-3-1-2-4-19(18)25-11-13-27(14-12-25)21(29)17-5-6-20(23-15-17)26-9-7-24(16-28)8-10-26/h1-6,15-16H,7-14H2. The maximum Gasteiger partial charge on any atom is 0.255 e. The zero-order valence-electron chi connectivity index (χ0n) is 16.2. The van der Waals surface area contributed by atoms with E-state index in [-0.39, 0.29) is 11.7 Å². The minimum Gasteiger partial charge on any atom is -0.366 e. The molecule has 0 unspecified atom stereocenters. The smallest absolute Gasteiger partial charge is 0.255 e. The molecule has 0 radical (unpaired) electrons. The predicted octanol–water partition coefficient (Wildman–Crippen LogP) is 1.46.